The summed E-state index contributed by atoms with van der Waals surface area (Å²) >= 11 is 0. The zero-order chi connectivity index (χ0) is 12.3. The summed E-state index contributed by atoms with van der Waals surface area (Å²) in [5.74, 6) is -0.385. The van der Waals surface area contributed by atoms with Gasteiger partial charge in [-0.1, -0.05) is 31.4 Å². The van der Waals surface area contributed by atoms with E-state index in [1.807, 2.05) is 11.6 Å². The molecule has 1 aromatic rings. The molecule has 2 rings (SSSR count). The molecule has 0 N–H and O–H groups in total. The van der Waals surface area contributed by atoms with Crippen molar-refractivity contribution in [3.8, 4) is 0 Å². The number of hydrogen-bond acceptors (Lipinski definition) is 4. The maximum Gasteiger partial charge on any atom is 0.360 e. The quantitative estimate of drug-likeness (QED) is 0.756. The van der Waals surface area contributed by atoms with E-state index in [2.05, 4.69) is 10.3 Å². The summed E-state index contributed by atoms with van der Waals surface area (Å²) in [6, 6.07) is 0.407. The molecule has 1 saturated carbocycles. The topological polar surface area (TPSA) is 57.0 Å². The van der Waals surface area contributed by atoms with Gasteiger partial charge in [0.1, 0.15) is 0 Å². The fourth-order valence-corrected chi connectivity index (χ4v) is 2.52. The zero-order valence-corrected chi connectivity index (χ0v) is 10.5. The minimum Gasteiger partial charge on any atom is -0.464 e. The van der Waals surface area contributed by atoms with E-state index >= 15 is 0 Å². The molecular weight excluding hydrogens is 218 g/mol. The smallest absolute Gasteiger partial charge is 0.360 e. The molecule has 5 heteroatoms. The molecule has 1 aliphatic carbocycles. The van der Waals surface area contributed by atoms with Crippen LogP contribution in [0.5, 0.6) is 0 Å². The monoisotopic (exact) mass is 237 g/mol. The van der Waals surface area contributed by atoms with Crippen molar-refractivity contribution in [1.82, 2.24) is 15.0 Å². The molecule has 1 aliphatic rings. The molecule has 0 spiro atoms. The Balaban J connectivity index is 2.27. The Morgan fingerprint density at radius 2 is 2.12 bits per heavy atom. The predicted molar refractivity (Wildman–Crippen MR) is 62.9 cm³/mol. The van der Waals surface area contributed by atoms with Crippen LogP contribution in [0.3, 0.4) is 0 Å². The summed E-state index contributed by atoms with van der Waals surface area (Å²) in [6.07, 6.45) is 6.81. The molecule has 17 heavy (non-hydrogen) atoms. The van der Waals surface area contributed by atoms with E-state index in [0.29, 0.717) is 11.7 Å². The summed E-state index contributed by atoms with van der Waals surface area (Å²) in [7, 11) is 1.38. The van der Waals surface area contributed by atoms with Crippen molar-refractivity contribution in [1.29, 1.82) is 0 Å². The largest absolute Gasteiger partial charge is 0.464 e. The molecule has 5 nitrogen and oxygen atoms in total. The van der Waals surface area contributed by atoms with Gasteiger partial charge in [0.05, 0.1) is 18.8 Å². The van der Waals surface area contributed by atoms with Crippen molar-refractivity contribution in [2.24, 2.45) is 0 Å². The zero-order valence-electron chi connectivity index (χ0n) is 10.5. The molecule has 0 amide bonds. The summed E-state index contributed by atoms with van der Waals surface area (Å²) in [6.45, 7) is 2.02. The number of rotatable bonds is 3. The number of nitrogens with zero attached hydrogens (tertiary/aromatic N) is 3. The molecule has 1 fully saturated rings. The van der Waals surface area contributed by atoms with E-state index in [4.69, 9.17) is 4.74 Å². The van der Waals surface area contributed by atoms with Crippen LogP contribution in [-0.2, 0) is 11.2 Å². The highest BCUT2D eigenvalue weighted by Crippen LogP contribution is 2.29. The molecule has 1 heterocycles. The fourth-order valence-electron chi connectivity index (χ4n) is 2.52. The normalized spacial score (nSPS) is 17.1. The van der Waals surface area contributed by atoms with Crippen molar-refractivity contribution in [2.45, 2.75) is 51.5 Å². The number of methoxy groups -OCH3 is 1. The van der Waals surface area contributed by atoms with Gasteiger partial charge < -0.3 is 4.74 Å². The number of carbonyl (C=O) groups is 1. The molecule has 0 saturated heterocycles. The third-order valence-corrected chi connectivity index (χ3v) is 3.43. The van der Waals surface area contributed by atoms with Gasteiger partial charge in [-0.2, -0.15) is 0 Å². The summed E-state index contributed by atoms with van der Waals surface area (Å²) in [5.41, 5.74) is 1.28. The lowest BCUT2D eigenvalue weighted by Crippen LogP contribution is -2.17. The van der Waals surface area contributed by atoms with Crippen LogP contribution < -0.4 is 0 Å². The Hall–Kier alpha value is -1.39. The number of ether oxygens (including phenoxy) is 1. The highest BCUT2D eigenvalue weighted by atomic mass is 16.5. The SMILES string of the molecule is CCc1c(C(=O)OC)nnn1C1CCCCC1. The second kappa shape index (κ2) is 5.29. The summed E-state index contributed by atoms with van der Waals surface area (Å²) in [4.78, 5) is 11.6. The van der Waals surface area contributed by atoms with Crippen LogP contribution in [0, 0.1) is 0 Å². The minimum absolute atomic E-state index is 0.376. The molecular formula is C12H19N3O2. The first-order chi connectivity index (χ1) is 8.27. The molecule has 0 bridgehead atoms. The van der Waals surface area contributed by atoms with Crippen molar-refractivity contribution < 1.29 is 9.53 Å². The van der Waals surface area contributed by atoms with Gasteiger partial charge in [-0.3, -0.25) is 0 Å². The van der Waals surface area contributed by atoms with Gasteiger partial charge in [0.15, 0.2) is 5.69 Å². The Kier molecular flexibility index (Phi) is 3.76. The third-order valence-electron chi connectivity index (χ3n) is 3.43. The number of aromatic nitrogens is 3. The maximum atomic E-state index is 11.6. The lowest BCUT2D eigenvalue weighted by Gasteiger charge is -2.23. The first kappa shape index (κ1) is 12.1. The van der Waals surface area contributed by atoms with E-state index in [-0.39, 0.29) is 5.97 Å². The molecule has 1 aromatic heterocycles. The highest BCUT2D eigenvalue weighted by molar-refractivity contribution is 5.88. The second-order valence-corrected chi connectivity index (χ2v) is 4.47. The van der Waals surface area contributed by atoms with E-state index in [9.17, 15) is 4.79 Å². The summed E-state index contributed by atoms with van der Waals surface area (Å²) < 4.78 is 6.66. The van der Waals surface area contributed by atoms with Crippen LogP contribution >= 0.6 is 0 Å². The average molecular weight is 237 g/mol. The van der Waals surface area contributed by atoms with Crippen molar-refractivity contribution in [2.75, 3.05) is 7.11 Å². The van der Waals surface area contributed by atoms with Gasteiger partial charge >= 0.3 is 5.97 Å². The van der Waals surface area contributed by atoms with Gasteiger partial charge in [0, 0.05) is 0 Å². The van der Waals surface area contributed by atoms with E-state index < -0.39 is 0 Å². The molecule has 0 atom stereocenters. The van der Waals surface area contributed by atoms with Crippen molar-refractivity contribution in [3.05, 3.63) is 11.4 Å². The maximum absolute atomic E-state index is 11.6. The molecule has 0 aliphatic heterocycles. The Bertz CT molecular complexity index is 394. The highest BCUT2D eigenvalue weighted by Gasteiger charge is 2.24. The van der Waals surface area contributed by atoms with E-state index in [0.717, 1.165) is 25.0 Å². The van der Waals surface area contributed by atoms with Gasteiger partial charge in [-0.25, -0.2) is 9.48 Å². The van der Waals surface area contributed by atoms with Gasteiger partial charge in [-0.05, 0) is 19.3 Å². The van der Waals surface area contributed by atoms with E-state index in [1.165, 1.54) is 26.4 Å². The molecule has 0 aromatic carbocycles. The van der Waals surface area contributed by atoms with Crippen molar-refractivity contribution >= 4 is 5.97 Å². The summed E-state index contributed by atoms with van der Waals surface area (Å²) in [5, 5.41) is 8.12. The van der Waals surface area contributed by atoms with Gasteiger partial charge in [0.25, 0.3) is 0 Å². The Morgan fingerprint density at radius 1 is 1.41 bits per heavy atom. The van der Waals surface area contributed by atoms with Crippen LogP contribution in [0.4, 0.5) is 0 Å². The molecule has 94 valence electrons. The Morgan fingerprint density at radius 3 is 2.71 bits per heavy atom. The van der Waals surface area contributed by atoms with E-state index in [1.54, 1.807) is 0 Å². The van der Waals surface area contributed by atoms with Crippen LogP contribution in [0.1, 0.15) is 61.3 Å². The third kappa shape index (κ3) is 2.33. The fraction of sp³-hybridized carbons (Fsp3) is 0.750. The van der Waals surface area contributed by atoms with Crippen LogP contribution in [0.15, 0.2) is 0 Å². The van der Waals surface area contributed by atoms with Crippen LogP contribution in [0.25, 0.3) is 0 Å². The van der Waals surface area contributed by atoms with Gasteiger partial charge in [-0.15, -0.1) is 5.10 Å². The minimum atomic E-state index is -0.385. The number of esters is 1. The number of carbonyl (C=O) groups excluding carboxylic acids is 1. The lowest BCUT2D eigenvalue weighted by molar-refractivity contribution is 0.0592. The van der Waals surface area contributed by atoms with Gasteiger partial charge in [0.2, 0.25) is 0 Å². The molecule has 0 unspecified atom stereocenters. The lowest BCUT2D eigenvalue weighted by atomic mass is 9.95. The average Bonchev–Trinajstić information content (AvgIpc) is 2.82. The Labute approximate surface area is 101 Å². The molecule has 0 radical (unpaired) electrons. The second-order valence-electron chi connectivity index (χ2n) is 4.47. The first-order valence-corrected chi connectivity index (χ1v) is 6.30. The standard InChI is InChI=1S/C12H19N3O2/c1-3-10-11(12(16)17-2)13-14-15(10)9-7-5-4-6-8-9/h9H,3-8H2,1-2H3. The van der Waals surface area contributed by atoms with Crippen LogP contribution in [0.2, 0.25) is 0 Å². The van der Waals surface area contributed by atoms with Crippen molar-refractivity contribution in [3.63, 3.8) is 0 Å². The predicted octanol–water partition coefficient (Wildman–Crippen LogP) is 2.13. The number of hydrogen-bond donors (Lipinski definition) is 0. The first-order valence-electron chi connectivity index (χ1n) is 6.30. The van der Waals surface area contributed by atoms with Crippen LogP contribution in [-0.4, -0.2) is 28.1 Å².